The maximum absolute atomic E-state index is 12.7. The van der Waals surface area contributed by atoms with Crippen LogP contribution in [0.1, 0.15) is 51.0 Å². The number of nitriles is 1. The summed E-state index contributed by atoms with van der Waals surface area (Å²) in [5, 5.41) is 12.4. The molecule has 0 aliphatic heterocycles. The molecule has 4 aliphatic rings. The van der Waals surface area contributed by atoms with Crippen LogP contribution < -0.4 is 14.8 Å². The van der Waals surface area contributed by atoms with E-state index in [4.69, 9.17) is 14.7 Å². The Bertz CT molecular complexity index is 751. The third-order valence-electron chi connectivity index (χ3n) is 6.23. The molecular weight excluding hydrogens is 408 g/mol. The number of hydrogen-bond acceptors (Lipinski definition) is 4. The lowest BCUT2D eigenvalue weighted by atomic mass is 9.53. The Balaban J connectivity index is 1.42. The number of ether oxygens (including phenoxy) is 2. The fraction of sp³-hybridized carbons (Fsp3) is 0.619. The molecule has 0 spiro atoms. The fourth-order valence-corrected chi connectivity index (χ4v) is 6.33. The SMILES string of the molecule is CCOc1cc(C#N)cc(Br)c1OCC(=O)NC12CC3CC(CC(C3)C1)C2. The van der Waals surface area contributed by atoms with Crippen molar-refractivity contribution in [3.05, 3.63) is 22.2 Å². The summed E-state index contributed by atoms with van der Waals surface area (Å²) in [6, 6.07) is 5.41. The third kappa shape index (κ3) is 3.80. The molecular formula is C21H25BrN2O3. The van der Waals surface area contributed by atoms with E-state index in [1.54, 1.807) is 12.1 Å². The van der Waals surface area contributed by atoms with E-state index in [2.05, 4.69) is 27.3 Å². The summed E-state index contributed by atoms with van der Waals surface area (Å²) in [4.78, 5) is 12.7. The lowest BCUT2D eigenvalue weighted by molar-refractivity contribution is -0.128. The van der Waals surface area contributed by atoms with Crippen LogP contribution in [0.5, 0.6) is 11.5 Å². The first-order valence-electron chi connectivity index (χ1n) is 9.80. The normalized spacial score (nSPS) is 30.6. The molecule has 4 fully saturated rings. The molecule has 1 amide bonds. The first-order chi connectivity index (χ1) is 13.0. The van der Waals surface area contributed by atoms with Gasteiger partial charge in [0.15, 0.2) is 18.1 Å². The van der Waals surface area contributed by atoms with Gasteiger partial charge in [0.2, 0.25) is 0 Å². The van der Waals surface area contributed by atoms with E-state index < -0.39 is 0 Å². The topological polar surface area (TPSA) is 71.3 Å². The molecule has 5 nitrogen and oxygen atoms in total. The van der Waals surface area contributed by atoms with Gasteiger partial charge in [0.1, 0.15) is 0 Å². The van der Waals surface area contributed by atoms with Crippen molar-refractivity contribution in [2.24, 2.45) is 17.8 Å². The van der Waals surface area contributed by atoms with Crippen LogP contribution in [0.25, 0.3) is 0 Å². The van der Waals surface area contributed by atoms with Crippen molar-refractivity contribution in [2.45, 2.75) is 51.0 Å². The second-order valence-corrected chi connectivity index (χ2v) is 9.22. The summed E-state index contributed by atoms with van der Waals surface area (Å²) in [6.45, 7) is 2.28. The Labute approximate surface area is 168 Å². The molecule has 6 heteroatoms. The van der Waals surface area contributed by atoms with Crippen molar-refractivity contribution in [2.75, 3.05) is 13.2 Å². The highest BCUT2D eigenvalue weighted by Crippen LogP contribution is 2.55. The standard InChI is InChI=1S/C21H25BrN2O3/c1-2-26-18-7-16(11-23)6-17(22)20(18)27-12-19(25)24-21-8-13-3-14(9-21)5-15(4-13)10-21/h6-7,13-15H,2-5,8-10,12H2,1H3,(H,24,25). The maximum atomic E-state index is 12.7. The van der Waals surface area contributed by atoms with E-state index in [9.17, 15) is 4.79 Å². The number of nitrogens with one attached hydrogen (secondary N) is 1. The monoisotopic (exact) mass is 432 g/mol. The molecule has 1 aromatic carbocycles. The molecule has 4 aliphatic carbocycles. The highest BCUT2D eigenvalue weighted by molar-refractivity contribution is 9.10. The molecule has 144 valence electrons. The van der Waals surface area contributed by atoms with E-state index >= 15 is 0 Å². The third-order valence-corrected chi connectivity index (χ3v) is 6.82. The Morgan fingerprint density at radius 3 is 2.41 bits per heavy atom. The molecule has 0 heterocycles. The molecule has 4 saturated carbocycles. The van der Waals surface area contributed by atoms with Crippen molar-refractivity contribution in [3.8, 4) is 17.6 Å². The smallest absolute Gasteiger partial charge is 0.258 e. The van der Waals surface area contributed by atoms with Crippen molar-refractivity contribution < 1.29 is 14.3 Å². The molecule has 0 atom stereocenters. The summed E-state index contributed by atoms with van der Waals surface area (Å²) >= 11 is 3.42. The Morgan fingerprint density at radius 2 is 1.85 bits per heavy atom. The van der Waals surface area contributed by atoms with E-state index in [1.807, 2.05) is 6.92 Å². The van der Waals surface area contributed by atoms with Gasteiger partial charge in [-0.2, -0.15) is 5.26 Å². The van der Waals surface area contributed by atoms with Crippen LogP contribution in [0.15, 0.2) is 16.6 Å². The molecule has 0 aromatic heterocycles. The minimum absolute atomic E-state index is 0.0140. The zero-order valence-electron chi connectivity index (χ0n) is 15.6. The first kappa shape index (κ1) is 18.6. The van der Waals surface area contributed by atoms with Crippen LogP contribution in [-0.4, -0.2) is 24.7 Å². The zero-order chi connectivity index (χ0) is 19.0. The number of amides is 1. The summed E-state index contributed by atoms with van der Waals surface area (Å²) in [6.07, 6.45) is 7.41. The minimum Gasteiger partial charge on any atom is -0.490 e. The molecule has 27 heavy (non-hydrogen) atoms. The van der Waals surface area contributed by atoms with Gasteiger partial charge in [-0.15, -0.1) is 0 Å². The number of nitrogens with zero attached hydrogens (tertiary/aromatic N) is 1. The van der Waals surface area contributed by atoms with Crippen LogP contribution in [0.4, 0.5) is 0 Å². The second kappa shape index (κ2) is 7.35. The number of carbonyl (C=O) groups is 1. The average molecular weight is 433 g/mol. The van der Waals surface area contributed by atoms with Crippen LogP contribution >= 0.6 is 15.9 Å². The second-order valence-electron chi connectivity index (χ2n) is 8.36. The van der Waals surface area contributed by atoms with Crippen LogP contribution in [0.3, 0.4) is 0 Å². The predicted molar refractivity (Wildman–Crippen MR) is 105 cm³/mol. The van der Waals surface area contributed by atoms with Gasteiger partial charge in [-0.1, -0.05) is 0 Å². The fourth-order valence-electron chi connectivity index (χ4n) is 5.77. The predicted octanol–water partition coefficient (Wildman–Crippen LogP) is 4.18. The molecule has 1 aromatic rings. The van der Waals surface area contributed by atoms with E-state index in [0.29, 0.717) is 28.1 Å². The summed E-state index contributed by atoms with van der Waals surface area (Å²) in [5.74, 6) is 3.23. The van der Waals surface area contributed by atoms with Gasteiger partial charge in [-0.05, 0) is 85.2 Å². The van der Waals surface area contributed by atoms with Gasteiger partial charge >= 0.3 is 0 Å². The molecule has 4 bridgehead atoms. The van der Waals surface area contributed by atoms with Crippen molar-refractivity contribution in [1.29, 1.82) is 5.26 Å². The molecule has 0 unspecified atom stereocenters. The Morgan fingerprint density at radius 1 is 1.22 bits per heavy atom. The minimum atomic E-state index is -0.0735. The van der Waals surface area contributed by atoms with Crippen LogP contribution in [-0.2, 0) is 4.79 Å². The van der Waals surface area contributed by atoms with Crippen molar-refractivity contribution >= 4 is 21.8 Å². The van der Waals surface area contributed by atoms with Gasteiger partial charge in [-0.25, -0.2) is 0 Å². The number of hydrogen-bond donors (Lipinski definition) is 1. The highest BCUT2D eigenvalue weighted by Gasteiger charge is 2.51. The quantitative estimate of drug-likeness (QED) is 0.731. The van der Waals surface area contributed by atoms with Gasteiger partial charge < -0.3 is 14.8 Å². The lowest BCUT2D eigenvalue weighted by Crippen LogP contribution is -2.60. The van der Waals surface area contributed by atoms with Crippen molar-refractivity contribution in [3.63, 3.8) is 0 Å². The number of rotatable bonds is 6. The largest absolute Gasteiger partial charge is 0.490 e. The van der Waals surface area contributed by atoms with Gasteiger partial charge in [0, 0.05) is 11.6 Å². The molecule has 5 rings (SSSR count). The Kier molecular flexibility index (Phi) is 5.07. The van der Waals surface area contributed by atoms with E-state index in [0.717, 1.165) is 37.0 Å². The molecule has 1 N–H and O–H groups in total. The molecule has 0 saturated heterocycles. The average Bonchev–Trinajstić information content (AvgIpc) is 2.59. The number of benzene rings is 1. The van der Waals surface area contributed by atoms with Gasteiger partial charge in [0.25, 0.3) is 5.91 Å². The maximum Gasteiger partial charge on any atom is 0.258 e. The van der Waals surface area contributed by atoms with Crippen molar-refractivity contribution in [1.82, 2.24) is 5.32 Å². The first-order valence-corrected chi connectivity index (χ1v) is 10.6. The van der Waals surface area contributed by atoms with Gasteiger partial charge in [0.05, 0.1) is 22.7 Å². The van der Waals surface area contributed by atoms with Crippen LogP contribution in [0, 0.1) is 29.1 Å². The van der Waals surface area contributed by atoms with Crippen LogP contribution in [0.2, 0.25) is 0 Å². The Hall–Kier alpha value is -1.74. The molecule has 0 radical (unpaired) electrons. The van der Waals surface area contributed by atoms with E-state index in [1.165, 1.54) is 19.3 Å². The van der Waals surface area contributed by atoms with Gasteiger partial charge in [-0.3, -0.25) is 4.79 Å². The summed E-state index contributed by atoms with van der Waals surface area (Å²) in [5.41, 5.74) is 0.468. The zero-order valence-corrected chi connectivity index (χ0v) is 17.2. The summed E-state index contributed by atoms with van der Waals surface area (Å²) in [7, 11) is 0. The lowest BCUT2D eigenvalue weighted by Gasteiger charge is -2.56. The number of halogens is 1. The number of carbonyl (C=O) groups excluding carboxylic acids is 1. The highest BCUT2D eigenvalue weighted by atomic mass is 79.9. The van der Waals surface area contributed by atoms with E-state index in [-0.39, 0.29) is 18.1 Å². The summed E-state index contributed by atoms with van der Waals surface area (Å²) < 4.78 is 12.0.